The van der Waals surface area contributed by atoms with Gasteiger partial charge in [0.25, 0.3) is 0 Å². The first kappa shape index (κ1) is 14.4. The van der Waals surface area contributed by atoms with Crippen molar-refractivity contribution in [2.45, 2.75) is 52.5 Å². The number of aryl methyl sites for hydroxylation is 1. The van der Waals surface area contributed by atoms with Crippen molar-refractivity contribution >= 4 is 6.03 Å². The summed E-state index contributed by atoms with van der Waals surface area (Å²) in [6.45, 7) is 7.75. The van der Waals surface area contributed by atoms with Crippen molar-refractivity contribution in [2.24, 2.45) is 11.3 Å². The molecule has 2 atom stereocenters. The van der Waals surface area contributed by atoms with Crippen LogP contribution in [-0.4, -0.2) is 40.2 Å². The van der Waals surface area contributed by atoms with Crippen LogP contribution in [0, 0.1) is 18.3 Å². The highest BCUT2D eigenvalue weighted by Gasteiger charge is 2.50. The van der Waals surface area contributed by atoms with Gasteiger partial charge in [0.15, 0.2) is 5.82 Å². The van der Waals surface area contributed by atoms with Gasteiger partial charge in [0.1, 0.15) is 0 Å². The van der Waals surface area contributed by atoms with Crippen molar-refractivity contribution < 1.29 is 9.32 Å². The van der Waals surface area contributed by atoms with Crippen molar-refractivity contribution in [3.63, 3.8) is 0 Å². The Labute approximate surface area is 125 Å². The Kier molecular flexibility index (Phi) is 3.63. The molecule has 0 bridgehead atoms. The number of aromatic nitrogens is 2. The Balaban J connectivity index is 1.54. The lowest BCUT2D eigenvalue weighted by atomic mass is 9.80. The fourth-order valence-corrected chi connectivity index (χ4v) is 3.94. The van der Waals surface area contributed by atoms with Gasteiger partial charge < -0.3 is 14.7 Å². The molecule has 1 aliphatic carbocycles. The molecule has 0 radical (unpaired) electrons. The molecule has 116 valence electrons. The molecule has 21 heavy (non-hydrogen) atoms. The zero-order chi connectivity index (χ0) is 15.0. The van der Waals surface area contributed by atoms with Crippen molar-refractivity contribution in [1.29, 1.82) is 0 Å². The highest BCUT2D eigenvalue weighted by atomic mass is 16.5. The van der Waals surface area contributed by atoms with E-state index in [1.54, 1.807) is 6.92 Å². The number of hydrogen-bond acceptors (Lipinski definition) is 4. The molecule has 1 saturated carbocycles. The average Bonchev–Trinajstić information content (AvgIpc) is 3.09. The summed E-state index contributed by atoms with van der Waals surface area (Å²) in [6.07, 6.45) is 4.22. The van der Waals surface area contributed by atoms with Crippen LogP contribution in [0.25, 0.3) is 0 Å². The first-order valence-corrected chi connectivity index (χ1v) is 7.81. The minimum absolute atomic E-state index is 0.0497. The molecule has 1 aromatic rings. The highest BCUT2D eigenvalue weighted by molar-refractivity contribution is 5.75. The highest BCUT2D eigenvalue weighted by Crippen LogP contribution is 2.48. The molecule has 0 spiro atoms. The molecule has 1 saturated heterocycles. The number of fused-ring (bicyclic) bond motifs is 1. The smallest absolute Gasteiger partial charge is 0.317 e. The summed E-state index contributed by atoms with van der Waals surface area (Å²) in [6, 6.07) is 0.472. The normalized spacial score (nSPS) is 26.9. The largest absolute Gasteiger partial charge is 0.339 e. The molecule has 0 unspecified atom stereocenters. The molecule has 1 N–H and O–H groups in total. The molecule has 2 amide bonds. The Morgan fingerprint density at radius 1 is 1.48 bits per heavy atom. The molecule has 6 nitrogen and oxygen atoms in total. The zero-order valence-corrected chi connectivity index (χ0v) is 13.1. The topological polar surface area (TPSA) is 71.3 Å². The predicted molar refractivity (Wildman–Crippen MR) is 77.8 cm³/mol. The SMILES string of the molecule is Cc1noc(CCNC(=O)N2CC(C)(C)[C@@H]3CCC[C@@H]32)n1. The van der Waals surface area contributed by atoms with Gasteiger partial charge >= 0.3 is 6.03 Å². The van der Waals surface area contributed by atoms with Crippen molar-refractivity contribution in [3.05, 3.63) is 11.7 Å². The zero-order valence-electron chi connectivity index (χ0n) is 13.1. The van der Waals surface area contributed by atoms with E-state index in [-0.39, 0.29) is 11.4 Å². The molecule has 2 aliphatic rings. The van der Waals surface area contributed by atoms with E-state index in [9.17, 15) is 4.79 Å². The van der Waals surface area contributed by atoms with Crippen molar-refractivity contribution in [2.75, 3.05) is 13.1 Å². The van der Waals surface area contributed by atoms with Gasteiger partial charge in [-0.1, -0.05) is 25.4 Å². The van der Waals surface area contributed by atoms with Crippen LogP contribution in [0.4, 0.5) is 4.79 Å². The van der Waals surface area contributed by atoms with E-state index in [0.717, 1.165) is 13.0 Å². The van der Waals surface area contributed by atoms with Crippen LogP contribution in [0.1, 0.15) is 44.8 Å². The standard InChI is InChI=1S/C15H24N4O2/c1-10-17-13(21-18-10)7-8-16-14(20)19-9-15(2,3)11-5-4-6-12(11)19/h11-12H,4-9H2,1-3H3,(H,16,20)/t11-,12+/m1/s1. The Morgan fingerprint density at radius 2 is 2.29 bits per heavy atom. The van der Waals surface area contributed by atoms with Gasteiger partial charge in [0.05, 0.1) is 0 Å². The second-order valence-corrected chi connectivity index (χ2v) is 6.94. The number of rotatable bonds is 3. The second kappa shape index (κ2) is 5.31. The van der Waals surface area contributed by atoms with Gasteiger partial charge in [-0.15, -0.1) is 0 Å². The van der Waals surface area contributed by atoms with E-state index in [0.29, 0.717) is 36.6 Å². The van der Waals surface area contributed by atoms with Crippen LogP contribution >= 0.6 is 0 Å². The van der Waals surface area contributed by atoms with Gasteiger partial charge in [0, 0.05) is 25.6 Å². The fourth-order valence-electron chi connectivity index (χ4n) is 3.94. The van der Waals surface area contributed by atoms with Crippen molar-refractivity contribution in [3.8, 4) is 0 Å². The summed E-state index contributed by atoms with van der Waals surface area (Å²) in [5, 5.41) is 6.74. The van der Waals surface area contributed by atoms with Gasteiger partial charge in [-0.3, -0.25) is 0 Å². The lowest BCUT2D eigenvalue weighted by molar-refractivity contribution is 0.188. The summed E-state index contributed by atoms with van der Waals surface area (Å²) in [5.41, 5.74) is 0.238. The van der Waals surface area contributed by atoms with E-state index in [4.69, 9.17) is 4.52 Å². The summed E-state index contributed by atoms with van der Waals surface area (Å²) in [4.78, 5) is 18.6. The quantitative estimate of drug-likeness (QED) is 0.926. The van der Waals surface area contributed by atoms with E-state index >= 15 is 0 Å². The van der Waals surface area contributed by atoms with Crippen LogP contribution in [0.2, 0.25) is 0 Å². The molecule has 6 heteroatoms. The van der Waals surface area contributed by atoms with Crippen LogP contribution in [-0.2, 0) is 6.42 Å². The minimum atomic E-state index is 0.0497. The predicted octanol–water partition coefficient (Wildman–Crippen LogP) is 2.14. The maximum Gasteiger partial charge on any atom is 0.317 e. The third kappa shape index (κ3) is 2.76. The van der Waals surface area contributed by atoms with E-state index in [1.807, 2.05) is 4.90 Å². The maximum absolute atomic E-state index is 12.4. The van der Waals surface area contributed by atoms with E-state index < -0.39 is 0 Å². The number of amides is 2. The first-order chi connectivity index (χ1) is 9.97. The summed E-state index contributed by atoms with van der Waals surface area (Å²) in [5.74, 6) is 1.86. The first-order valence-electron chi connectivity index (χ1n) is 7.81. The third-order valence-electron chi connectivity index (χ3n) is 4.91. The molecule has 1 aliphatic heterocycles. The molecule has 3 rings (SSSR count). The molecule has 0 aromatic carbocycles. The number of nitrogens with one attached hydrogen (secondary N) is 1. The maximum atomic E-state index is 12.4. The number of likely N-dealkylation sites (tertiary alicyclic amines) is 1. The molecular formula is C15H24N4O2. The third-order valence-corrected chi connectivity index (χ3v) is 4.91. The van der Waals surface area contributed by atoms with E-state index in [1.165, 1.54) is 12.8 Å². The lowest BCUT2D eigenvalue weighted by Crippen LogP contribution is -2.44. The van der Waals surface area contributed by atoms with Gasteiger partial charge in [-0.05, 0) is 31.1 Å². The lowest BCUT2D eigenvalue weighted by Gasteiger charge is -2.24. The van der Waals surface area contributed by atoms with Gasteiger partial charge in [-0.25, -0.2) is 4.79 Å². The minimum Gasteiger partial charge on any atom is -0.339 e. The Bertz CT molecular complexity index is 525. The number of hydrogen-bond donors (Lipinski definition) is 1. The van der Waals surface area contributed by atoms with Crippen LogP contribution in [0.3, 0.4) is 0 Å². The Morgan fingerprint density at radius 3 is 3.00 bits per heavy atom. The number of urea groups is 1. The number of nitrogens with zero attached hydrogens (tertiary/aromatic N) is 3. The fraction of sp³-hybridized carbons (Fsp3) is 0.800. The molecular weight excluding hydrogens is 268 g/mol. The number of carbonyl (C=O) groups excluding carboxylic acids is 1. The number of carbonyl (C=O) groups is 1. The van der Waals surface area contributed by atoms with Crippen molar-refractivity contribution in [1.82, 2.24) is 20.4 Å². The molecule has 1 aromatic heterocycles. The molecule has 2 heterocycles. The second-order valence-electron chi connectivity index (χ2n) is 6.94. The Hall–Kier alpha value is -1.59. The summed E-state index contributed by atoms with van der Waals surface area (Å²) < 4.78 is 5.05. The van der Waals surface area contributed by atoms with Gasteiger partial charge in [0.2, 0.25) is 5.89 Å². The van der Waals surface area contributed by atoms with Crippen LogP contribution < -0.4 is 5.32 Å². The molecule has 2 fully saturated rings. The monoisotopic (exact) mass is 292 g/mol. The van der Waals surface area contributed by atoms with Crippen LogP contribution in [0.5, 0.6) is 0 Å². The van der Waals surface area contributed by atoms with E-state index in [2.05, 4.69) is 29.3 Å². The van der Waals surface area contributed by atoms with Crippen LogP contribution in [0.15, 0.2) is 4.52 Å². The van der Waals surface area contributed by atoms with Gasteiger partial charge in [-0.2, -0.15) is 4.98 Å². The summed E-state index contributed by atoms with van der Waals surface area (Å²) >= 11 is 0. The average molecular weight is 292 g/mol. The summed E-state index contributed by atoms with van der Waals surface area (Å²) in [7, 11) is 0.